The Morgan fingerprint density at radius 3 is 1.13 bits per heavy atom. The van der Waals surface area contributed by atoms with Crippen LogP contribution in [0, 0.1) is 11.8 Å². The second-order valence-corrected chi connectivity index (χ2v) is 17.8. The lowest BCUT2D eigenvalue weighted by Gasteiger charge is -2.20. The molecular formula is C52H80N4O12. The smallest absolute Gasteiger partial charge is 0.328 e. The summed E-state index contributed by atoms with van der Waals surface area (Å²) >= 11 is 0. The number of rotatable bonds is 34. The van der Waals surface area contributed by atoms with E-state index in [9.17, 15) is 38.4 Å². The molecule has 0 fully saturated rings. The minimum Gasteiger partial charge on any atom is -0.464 e. The molecule has 16 heteroatoms. The number of carbonyl (C=O) groups is 8. The SMILES string of the molecule is CNC(CC(C)C)C(=O)OCCCOC(=O)C(CC(C)C)NC(=O)CCCCC(C)=O.CNC(Cc1ccccc1)C(=O)OCCCOC(=O)C(Cc1ccccc1)NC(=O)CCCCC(C)=O. The predicted octanol–water partition coefficient (Wildman–Crippen LogP) is 5.95. The number of Topliss-reactive ketones (excluding diaryl/α,β-unsaturated/α-hetero) is 2. The zero-order valence-electron chi connectivity index (χ0n) is 41.9. The van der Waals surface area contributed by atoms with Gasteiger partial charge in [0.05, 0.1) is 26.4 Å². The lowest BCUT2D eigenvalue weighted by Crippen LogP contribution is -2.43. The number of unbranched alkanes of at least 4 members (excludes halogenated alkanes) is 2. The molecule has 4 unspecified atom stereocenters. The average Bonchev–Trinajstić information content (AvgIpc) is 3.29. The molecule has 2 rings (SSSR count). The maximum atomic E-state index is 12.8. The van der Waals surface area contributed by atoms with E-state index >= 15 is 0 Å². The van der Waals surface area contributed by atoms with Crippen molar-refractivity contribution in [3.63, 3.8) is 0 Å². The zero-order valence-corrected chi connectivity index (χ0v) is 41.9. The molecule has 2 aromatic rings. The van der Waals surface area contributed by atoms with Crippen LogP contribution in [0.4, 0.5) is 0 Å². The van der Waals surface area contributed by atoms with Gasteiger partial charge >= 0.3 is 23.9 Å². The summed E-state index contributed by atoms with van der Waals surface area (Å²) in [5, 5.41) is 11.4. The molecule has 4 N–H and O–H groups in total. The average molecular weight is 953 g/mol. The van der Waals surface area contributed by atoms with Gasteiger partial charge in [0.25, 0.3) is 0 Å². The maximum Gasteiger partial charge on any atom is 0.328 e. The van der Waals surface area contributed by atoms with Gasteiger partial charge in [-0.3, -0.25) is 19.2 Å². The Hall–Kier alpha value is -5.48. The normalized spacial score (nSPS) is 12.6. The van der Waals surface area contributed by atoms with Crippen molar-refractivity contribution in [1.82, 2.24) is 21.3 Å². The van der Waals surface area contributed by atoms with Gasteiger partial charge in [-0.1, -0.05) is 88.4 Å². The van der Waals surface area contributed by atoms with Gasteiger partial charge in [-0.15, -0.1) is 0 Å². The van der Waals surface area contributed by atoms with Crippen molar-refractivity contribution in [1.29, 1.82) is 0 Å². The summed E-state index contributed by atoms with van der Waals surface area (Å²) in [7, 11) is 3.43. The molecule has 0 aliphatic carbocycles. The summed E-state index contributed by atoms with van der Waals surface area (Å²) in [6.45, 7) is 11.5. The first-order chi connectivity index (χ1) is 32.4. The first-order valence-corrected chi connectivity index (χ1v) is 24.1. The van der Waals surface area contributed by atoms with Gasteiger partial charge in [0.2, 0.25) is 11.8 Å². The van der Waals surface area contributed by atoms with Crippen LogP contribution in [0.1, 0.15) is 130 Å². The molecule has 0 bridgehead atoms. The fourth-order valence-corrected chi connectivity index (χ4v) is 6.75. The van der Waals surface area contributed by atoms with Crippen LogP contribution < -0.4 is 21.3 Å². The molecule has 380 valence electrons. The number of nitrogens with one attached hydrogen (secondary N) is 4. The Bertz CT molecular complexity index is 1790. The standard InChI is InChI=1S/C29H38N2O6.C23H42N2O6/c1-22(32)12-9-10-17-27(33)31-26(21-24-15-7-4-8-16-24)29(35)37-19-11-18-36-28(34)25(30-2)20-23-13-5-3-6-14-23;1-16(2)14-19(24-6)22(28)30-12-9-13-31-23(29)20(15-17(3)4)25-21(27)11-8-7-10-18(5)26/h3-8,13-16,25-26,30H,9-12,17-21H2,1-2H3,(H,31,33);16-17,19-20,24H,7-15H2,1-6H3,(H,25,27). The van der Waals surface area contributed by atoms with Gasteiger partial charge in [-0.05, 0) is 95.9 Å². The maximum absolute atomic E-state index is 12.8. The highest BCUT2D eigenvalue weighted by atomic mass is 16.6. The summed E-state index contributed by atoms with van der Waals surface area (Å²) < 4.78 is 21.3. The number of likely N-dealkylation sites (N-methyl/N-ethyl adjacent to an activating group) is 2. The van der Waals surface area contributed by atoms with Gasteiger partial charge < -0.3 is 49.8 Å². The summed E-state index contributed by atoms with van der Waals surface area (Å²) in [4.78, 5) is 96.2. The Kier molecular flexibility index (Phi) is 32.5. The highest BCUT2D eigenvalue weighted by molar-refractivity contribution is 5.85. The van der Waals surface area contributed by atoms with Crippen molar-refractivity contribution < 1.29 is 57.3 Å². The molecule has 16 nitrogen and oxygen atoms in total. The largest absolute Gasteiger partial charge is 0.464 e. The topological polar surface area (TPSA) is 222 Å². The van der Waals surface area contributed by atoms with Crippen molar-refractivity contribution in [2.24, 2.45) is 11.8 Å². The number of esters is 4. The lowest BCUT2D eigenvalue weighted by molar-refractivity contribution is -0.151. The van der Waals surface area contributed by atoms with E-state index < -0.39 is 30.1 Å². The zero-order chi connectivity index (χ0) is 50.7. The minimum atomic E-state index is -0.829. The molecule has 68 heavy (non-hydrogen) atoms. The van der Waals surface area contributed by atoms with Crippen LogP contribution in [-0.2, 0) is 70.1 Å². The first kappa shape index (κ1) is 60.5. The van der Waals surface area contributed by atoms with E-state index in [1.54, 1.807) is 14.1 Å². The number of hydrogen-bond acceptors (Lipinski definition) is 14. The van der Waals surface area contributed by atoms with Crippen molar-refractivity contribution in [3.05, 3.63) is 71.8 Å². The summed E-state index contributed by atoms with van der Waals surface area (Å²) in [6.07, 6.45) is 6.59. The Labute approximate surface area is 404 Å². The highest BCUT2D eigenvalue weighted by Gasteiger charge is 2.25. The third-order valence-electron chi connectivity index (χ3n) is 10.4. The molecular weight excluding hydrogens is 873 g/mol. The first-order valence-electron chi connectivity index (χ1n) is 24.1. The van der Waals surface area contributed by atoms with Gasteiger partial charge in [-0.25, -0.2) is 9.59 Å². The molecule has 4 atom stereocenters. The molecule has 2 amide bonds. The van der Waals surface area contributed by atoms with E-state index in [4.69, 9.17) is 18.9 Å². The Morgan fingerprint density at radius 2 is 0.750 bits per heavy atom. The Balaban J connectivity index is 0.000000692. The van der Waals surface area contributed by atoms with Gasteiger partial charge in [0.1, 0.15) is 35.7 Å². The highest BCUT2D eigenvalue weighted by Crippen LogP contribution is 2.11. The monoisotopic (exact) mass is 953 g/mol. The molecule has 0 spiro atoms. The van der Waals surface area contributed by atoms with E-state index in [1.807, 2.05) is 88.4 Å². The second kappa shape index (κ2) is 36.5. The van der Waals surface area contributed by atoms with Crippen LogP contribution in [0.5, 0.6) is 0 Å². The number of hydrogen-bond donors (Lipinski definition) is 4. The van der Waals surface area contributed by atoms with Crippen LogP contribution in [0.2, 0.25) is 0 Å². The van der Waals surface area contributed by atoms with Crippen molar-refractivity contribution in [2.45, 2.75) is 156 Å². The van der Waals surface area contributed by atoms with E-state index in [0.717, 1.165) is 11.1 Å². The minimum absolute atomic E-state index is 0.0643. The fraction of sp³-hybridized carbons (Fsp3) is 0.615. The molecule has 0 heterocycles. The van der Waals surface area contributed by atoms with Crippen LogP contribution >= 0.6 is 0 Å². The van der Waals surface area contributed by atoms with Gasteiger partial charge in [0, 0.05) is 44.9 Å². The predicted molar refractivity (Wildman–Crippen MR) is 260 cm³/mol. The van der Waals surface area contributed by atoms with E-state index in [-0.39, 0.29) is 86.5 Å². The number of amides is 2. The molecule has 0 radical (unpaired) electrons. The third-order valence-corrected chi connectivity index (χ3v) is 10.4. The van der Waals surface area contributed by atoms with E-state index in [1.165, 1.54) is 13.8 Å². The van der Waals surface area contributed by atoms with Crippen molar-refractivity contribution in [2.75, 3.05) is 40.5 Å². The molecule has 0 saturated carbocycles. The lowest BCUT2D eigenvalue weighted by atomic mass is 10.0. The quantitative estimate of drug-likeness (QED) is 0.0362. The molecule has 0 saturated heterocycles. The van der Waals surface area contributed by atoms with Gasteiger partial charge in [-0.2, -0.15) is 0 Å². The molecule has 0 aliphatic rings. The molecule has 0 aromatic heterocycles. The summed E-state index contributed by atoms with van der Waals surface area (Å²) in [6, 6.07) is 16.7. The summed E-state index contributed by atoms with van der Waals surface area (Å²) in [5.74, 6) is -1.40. The van der Waals surface area contributed by atoms with Crippen LogP contribution in [0.25, 0.3) is 0 Å². The number of ether oxygens (including phenoxy) is 4. The molecule has 2 aromatic carbocycles. The second-order valence-electron chi connectivity index (χ2n) is 17.8. The van der Waals surface area contributed by atoms with Crippen molar-refractivity contribution in [3.8, 4) is 0 Å². The van der Waals surface area contributed by atoms with Crippen molar-refractivity contribution >= 4 is 47.3 Å². The number of benzene rings is 2. The van der Waals surface area contributed by atoms with Crippen LogP contribution in [0.15, 0.2) is 60.7 Å². The number of carbonyl (C=O) groups excluding carboxylic acids is 8. The van der Waals surface area contributed by atoms with E-state index in [0.29, 0.717) is 83.0 Å². The third kappa shape index (κ3) is 30.0. The fourth-order valence-electron chi connectivity index (χ4n) is 6.75. The molecule has 0 aliphatic heterocycles. The van der Waals surface area contributed by atoms with Crippen LogP contribution in [0.3, 0.4) is 0 Å². The van der Waals surface area contributed by atoms with Gasteiger partial charge in [0.15, 0.2) is 0 Å². The van der Waals surface area contributed by atoms with E-state index in [2.05, 4.69) is 21.3 Å². The summed E-state index contributed by atoms with van der Waals surface area (Å²) in [5.41, 5.74) is 1.92. The van der Waals surface area contributed by atoms with Crippen LogP contribution in [-0.4, -0.2) is 112 Å². The Morgan fingerprint density at radius 1 is 0.426 bits per heavy atom. The number of ketones is 2.